The number of hydrogen-bond donors (Lipinski definition) is 0. The Kier molecular flexibility index (Phi) is 5.61. The van der Waals surface area contributed by atoms with E-state index in [2.05, 4.69) is 29.8 Å². The highest BCUT2D eigenvalue weighted by Crippen LogP contribution is 2.29. The lowest BCUT2D eigenvalue weighted by Gasteiger charge is -2.14. The van der Waals surface area contributed by atoms with Gasteiger partial charge < -0.3 is 9.47 Å². The first-order valence-electron chi connectivity index (χ1n) is 7.26. The number of carbonyl (C=O) groups excluding carboxylic acids is 1. The molecule has 0 aromatic heterocycles. The summed E-state index contributed by atoms with van der Waals surface area (Å²) in [6.07, 6.45) is 0. The van der Waals surface area contributed by atoms with Crippen LogP contribution in [0.2, 0.25) is 0 Å². The number of carbonyl (C=O) groups is 1. The van der Waals surface area contributed by atoms with E-state index in [9.17, 15) is 4.79 Å². The lowest BCUT2D eigenvalue weighted by atomic mass is 10.0. The summed E-state index contributed by atoms with van der Waals surface area (Å²) in [5.74, 6) is 0.971. The Labute approximate surface area is 139 Å². The van der Waals surface area contributed by atoms with Crippen LogP contribution in [-0.2, 0) is 0 Å². The van der Waals surface area contributed by atoms with E-state index in [1.54, 1.807) is 12.1 Å². The van der Waals surface area contributed by atoms with Crippen LogP contribution in [0.5, 0.6) is 11.5 Å². The average molecular weight is 363 g/mol. The third-order valence-corrected chi connectivity index (χ3v) is 3.70. The zero-order valence-corrected chi connectivity index (χ0v) is 14.5. The molecule has 0 spiro atoms. The molecule has 0 aliphatic rings. The summed E-state index contributed by atoms with van der Waals surface area (Å²) in [4.78, 5) is 12.5. The lowest BCUT2D eigenvalue weighted by molar-refractivity contribution is 0.0728. The molecule has 0 N–H and O–H groups in total. The van der Waals surface area contributed by atoms with Crippen molar-refractivity contribution in [3.05, 3.63) is 58.1 Å². The molecule has 0 bridgehead atoms. The van der Waals surface area contributed by atoms with E-state index in [4.69, 9.17) is 9.47 Å². The van der Waals surface area contributed by atoms with Crippen molar-refractivity contribution in [2.45, 2.75) is 26.7 Å². The second-order valence-electron chi connectivity index (χ2n) is 5.16. The van der Waals surface area contributed by atoms with Crippen molar-refractivity contribution < 1.29 is 14.3 Å². The highest BCUT2D eigenvalue weighted by atomic mass is 79.9. The van der Waals surface area contributed by atoms with Gasteiger partial charge in [0.1, 0.15) is 17.1 Å². The van der Waals surface area contributed by atoms with Crippen LogP contribution in [0.1, 0.15) is 42.6 Å². The molecule has 3 nitrogen and oxygen atoms in total. The second kappa shape index (κ2) is 7.45. The van der Waals surface area contributed by atoms with Gasteiger partial charge in [-0.15, -0.1) is 0 Å². The first-order chi connectivity index (χ1) is 10.5. The Morgan fingerprint density at radius 3 is 2.55 bits per heavy atom. The van der Waals surface area contributed by atoms with Crippen molar-refractivity contribution in [2.75, 3.05) is 6.61 Å². The smallest absolute Gasteiger partial charge is 0.347 e. The minimum atomic E-state index is -0.419. The summed E-state index contributed by atoms with van der Waals surface area (Å²) in [7, 11) is 0. The maximum atomic E-state index is 12.5. The Balaban J connectivity index is 2.32. The van der Waals surface area contributed by atoms with Gasteiger partial charge in [0.2, 0.25) is 0 Å². The highest BCUT2D eigenvalue weighted by Gasteiger charge is 2.17. The quantitative estimate of drug-likeness (QED) is 0.542. The van der Waals surface area contributed by atoms with Gasteiger partial charge in [-0.25, -0.2) is 4.79 Å². The molecule has 116 valence electrons. The molecular weight excluding hydrogens is 344 g/mol. The first-order valence-corrected chi connectivity index (χ1v) is 8.05. The van der Waals surface area contributed by atoms with Crippen LogP contribution in [0.15, 0.2) is 46.9 Å². The molecule has 0 aliphatic carbocycles. The summed E-state index contributed by atoms with van der Waals surface area (Å²) < 4.78 is 11.9. The van der Waals surface area contributed by atoms with Crippen molar-refractivity contribution in [1.29, 1.82) is 0 Å². The minimum absolute atomic E-state index is 0.276. The zero-order chi connectivity index (χ0) is 16.1. The van der Waals surface area contributed by atoms with Gasteiger partial charge in [0.15, 0.2) is 0 Å². The van der Waals surface area contributed by atoms with E-state index < -0.39 is 5.97 Å². The van der Waals surface area contributed by atoms with Crippen LogP contribution in [0.25, 0.3) is 0 Å². The second-order valence-corrected chi connectivity index (χ2v) is 6.07. The Hall–Kier alpha value is -1.81. The average Bonchev–Trinajstić information content (AvgIpc) is 2.49. The molecule has 2 rings (SSSR count). The molecule has 0 radical (unpaired) electrons. The largest absolute Gasteiger partial charge is 0.493 e. The van der Waals surface area contributed by atoms with E-state index in [1.807, 2.05) is 37.3 Å². The van der Waals surface area contributed by atoms with Gasteiger partial charge in [-0.2, -0.15) is 0 Å². The van der Waals surface area contributed by atoms with Crippen LogP contribution in [0.3, 0.4) is 0 Å². The summed E-state index contributed by atoms with van der Waals surface area (Å²) in [6.45, 7) is 6.50. The standard InChI is InChI=1S/C18H19BrO3/c1-4-21-16-10-9-13(19)11-15(16)18(20)22-17-8-6-5-7-14(17)12(2)3/h5-12H,4H2,1-3H3. The number of benzene rings is 2. The van der Waals surface area contributed by atoms with Gasteiger partial charge in [-0.1, -0.05) is 48.0 Å². The molecule has 0 heterocycles. The van der Waals surface area contributed by atoms with Crippen LogP contribution in [0, 0.1) is 0 Å². The Bertz CT molecular complexity index is 665. The number of para-hydroxylation sites is 1. The topological polar surface area (TPSA) is 35.5 Å². The molecule has 0 amide bonds. The molecule has 0 saturated carbocycles. The van der Waals surface area contributed by atoms with Gasteiger partial charge >= 0.3 is 5.97 Å². The molecular formula is C18H19BrO3. The fourth-order valence-corrected chi connectivity index (χ4v) is 2.51. The summed E-state index contributed by atoms with van der Waals surface area (Å²) >= 11 is 3.38. The zero-order valence-electron chi connectivity index (χ0n) is 12.9. The van der Waals surface area contributed by atoms with Crippen molar-refractivity contribution in [3.8, 4) is 11.5 Å². The Morgan fingerprint density at radius 1 is 1.14 bits per heavy atom. The van der Waals surface area contributed by atoms with Crippen molar-refractivity contribution in [3.63, 3.8) is 0 Å². The lowest BCUT2D eigenvalue weighted by Crippen LogP contribution is -2.12. The van der Waals surface area contributed by atoms with Crippen LogP contribution < -0.4 is 9.47 Å². The van der Waals surface area contributed by atoms with Crippen LogP contribution in [0.4, 0.5) is 0 Å². The van der Waals surface area contributed by atoms with E-state index in [0.29, 0.717) is 23.7 Å². The molecule has 22 heavy (non-hydrogen) atoms. The predicted octanol–water partition coefficient (Wildman–Crippen LogP) is 5.19. The van der Waals surface area contributed by atoms with Gasteiger partial charge in [-0.05, 0) is 42.7 Å². The predicted molar refractivity (Wildman–Crippen MR) is 90.8 cm³/mol. The van der Waals surface area contributed by atoms with E-state index >= 15 is 0 Å². The van der Waals surface area contributed by atoms with Crippen LogP contribution in [-0.4, -0.2) is 12.6 Å². The van der Waals surface area contributed by atoms with E-state index in [0.717, 1.165) is 10.0 Å². The number of esters is 1. The molecule has 0 aliphatic heterocycles. The van der Waals surface area contributed by atoms with Crippen molar-refractivity contribution in [2.24, 2.45) is 0 Å². The minimum Gasteiger partial charge on any atom is -0.493 e. The maximum Gasteiger partial charge on any atom is 0.347 e. The van der Waals surface area contributed by atoms with Gasteiger partial charge in [-0.3, -0.25) is 0 Å². The maximum absolute atomic E-state index is 12.5. The molecule has 2 aromatic carbocycles. The molecule has 4 heteroatoms. The normalized spacial score (nSPS) is 10.6. The molecule has 0 saturated heterocycles. The number of ether oxygens (including phenoxy) is 2. The van der Waals surface area contributed by atoms with Gasteiger partial charge in [0, 0.05) is 4.47 Å². The fraction of sp³-hybridized carbons (Fsp3) is 0.278. The highest BCUT2D eigenvalue weighted by molar-refractivity contribution is 9.10. The van der Waals surface area contributed by atoms with Gasteiger partial charge in [0.25, 0.3) is 0 Å². The number of halogens is 1. The van der Waals surface area contributed by atoms with Crippen molar-refractivity contribution in [1.82, 2.24) is 0 Å². The van der Waals surface area contributed by atoms with E-state index in [-0.39, 0.29) is 5.92 Å². The summed E-state index contributed by atoms with van der Waals surface area (Å²) in [5.41, 5.74) is 1.42. The Morgan fingerprint density at radius 2 is 1.86 bits per heavy atom. The summed E-state index contributed by atoms with van der Waals surface area (Å²) in [6, 6.07) is 12.9. The monoisotopic (exact) mass is 362 g/mol. The SMILES string of the molecule is CCOc1ccc(Br)cc1C(=O)Oc1ccccc1C(C)C. The van der Waals surface area contributed by atoms with Gasteiger partial charge in [0.05, 0.1) is 6.61 Å². The first kappa shape index (κ1) is 16.6. The molecule has 2 aromatic rings. The van der Waals surface area contributed by atoms with E-state index in [1.165, 1.54) is 0 Å². The molecule has 0 unspecified atom stereocenters. The summed E-state index contributed by atoms with van der Waals surface area (Å²) in [5, 5.41) is 0. The fourth-order valence-electron chi connectivity index (χ4n) is 2.15. The third-order valence-electron chi connectivity index (χ3n) is 3.21. The molecule has 0 atom stereocenters. The number of rotatable bonds is 5. The van der Waals surface area contributed by atoms with Crippen molar-refractivity contribution >= 4 is 21.9 Å². The van der Waals surface area contributed by atoms with Crippen LogP contribution >= 0.6 is 15.9 Å². The molecule has 0 fully saturated rings. The third kappa shape index (κ3) is 3.89. The number of hydrogen-bond acceptors (Lipinski definition) is 3.